The van der Waals surface area contributed by atoms with Crippen LogP contribution in [0.2, 0.25) is 5.02 Å². The summed E-state index contributed by atoms with van der Waals surface area (Å²) in [4.78, 5) is 2.05. The summed E-state index contributed by atoms with van der Waals surface area (Å²) in [6.45, 7) is 1.49. The van der Waals surface area contributed by atoms with Gasteiger partial charge in [0, 0.05) is 19.8 Å². The van der Waals surface area contributed by atoms with Crippen LogP contribution in [0.1, 0.15) is 17.5 Å². The van der Waals surface area contributed by atoms with Crippen LogP contribution in [0, 0.1) is 0 Å². The molecule has 1 N–H and O–H groups in total. The lowest BCUT2D eigenvalue weighted by atomic mass is 10.2. The summed E-state index contributed by atoms with van der Waals surface area (Å²) in [5.41, 5.74) is 1.29. The topological polar surface area (TPSA) is 59.1 Å². The standard InChI is InChI=1S/C12H18ClN5O/c1-16(2)6-7-18-11(9(13)8-15-18)12(19)10-4-5-14-17(10)3/h4-5,8,12,19H,6-7H2,1-3H3. The smallest absolute Gasteiger partial charge is 0.139 e. The van der Waals surface area contributed by atoms with E-state index in [1.807, 2.05) is 14.1 Å². The van der Waals surface area contributed by atoms with Gasteiger partial charge in [-0.1, -0.05) is 11.6 Å². The fourth-order valence-electron chi connectivity index (χ4n) is 1.91. The SMILES string of the molecule is CN(C)CCn1ncc(Cl)c1C(O)c1ccnn1C. The minimum Gasteiger partial charge on any atom is -0.380 e. The lowest BCUT2D eigenvalue weighted by molar-refractivity contribution is 0.196. The third-order valence-corrected chi connectivity index (χ3v) is 3.28. The first-order chi connectivity index (χ1) is 9.00. The Hall–Kier alpha value is -1.37. The van der Waals surface area contributed by atoms with Gasteiger partial charge in [-0.25, -0.2) is 0 Å². The number of nitrogens with zero attached hydrogens (tertiary/aromatic N) is 5. The maximum atomic E-state index is 10.5. The van der Waals surface area contributed by atoms with E-state index in [4.69, 9.17) is 11.6 Å². The van der Waals surface area contributed by atoms with E-state index in [1.165, 1.54) is 0 Å². The molecule has 7 heteroatoms. The van der Waals surface area contributed by atoms with Crippen molar-refractivity contribution in [2.24, 2.45) is 7.05 Å². The number of aryl methyl sites for hydroxylation is 1. The van der Waals surface area contributed by atoms with Gasteiger partial charge in [-0.2, -0.15) is 10.2 Å². The average Bonchev–Trinajstić information content (AvgIpc) is 2.92. The van der Waals surface area contributed by atoms with E-state index in [9.17, 15) is 5.11 Å². The van der Waals surface area contributed by atoms with Gasteiger partial charge in [0.15, 0.2) is 0 Å². The largest absolute Gasteiger partial charge is 0.380 e. The molecule has 0 saturated carbocycles. The van der Waals surface area contributed by atoms with Crippen molar-refractivity contribution in [1.82, 2.24) is 24.5 Å². The summed E-state index contributed by atoms with van der Waals surface area (Å²) in [5.74, 6) is 0. The monoisotopic (exact) mass is 283 g/mol. The highest BCUT2D eigenvalue weighted by Gasteiger charge is 2.22. The first kappa shape index (κ1) is 14.0. The zero-order valence-electron chi connectivity index (χ0n) is 11.3. The van der Waals surface area contributed by atoms with Crippen molar-refractivity contribution >= 4 is 11.6 Å². The summed E-state index contributed by atoms with van der Waals surface area (Å²) < 4.78 is 3.37. The van der Waals surface area contributed by atoms with Gasteiger partial charge in [0.2, 0.25) is 0 Å². The molecule has 0 amide bonds. The second-order valence-electron chi connectivity index (χ2n) is 4.69. The van der Waals surface area contributed by atoms with E-state index in [2.05, 4.69) is 15.1 Å². The second-order valence-corrected chi connectivity index (χ2v) is 5.09. The number of aromatic nitrogens is 4. The molecule has 1 unspecified atom stereocenters. The normalized spacial score (nSPS) is 13.2. The second kappa shape index (κ2) is 5.73. The summed E-state index contributed by atoms with van der Waals surface area (Å²) in [5, 5.41) is 19.2. The molecule has 6 nitrogen and oxygen atoms in total. The number of hydrogen-bond donors (Lipinski definition) is 1. The van der Waals surface area contributed by atoms with Gasteiger partial charge in [-0.3, -0.25) is 9.36 Å². The number of halogens is 1. The number of rotatable bonds is 5. The Morgan fingerprint density at radius 3 is 2.74 bits per heavy atom. The van der Waals surface area contributed by atoms with Gasteiger partial charge in [0.05, 0.1) is 29.2 Å². The van der Waals surface area contributed by atoms with E-state index in [0.29, 0.717) is 23.0 Å². The molecular weight excluding hydrogens is 266 g/mol. The summed E-state index contributed by atoms with van der Waals surface area (Å²) in [6.07, 6.45) is 2.38. The van der Waals surface area contributed by atoms with Crippen molar-refractivity contribution in [3.05, 3.63) is 34.9 Å². The zero-order valence-corrected chi connectivity index (χ0v) is 12.0. The first-order valence-electron chi connectivity index (χ1n) is 6.02. The number of hydrogen-bond acceptors (Lipinski definition) is 4. The lowest BCUT2D eigenvalue weighted by Crippen LogP contribution is -2.21. The van der Waals surface area contributed by atoms with Gasteiger partial charge in [0.25, 0.3) is 0 Å². The summed E-state index contributed by atoms with van der Waals surface area (Å²) in [7, 11) is 5.76. The van der Waals surface area contributed by atoms with Crippen molar-refractivity contribution in [3.63, 3.8) is 0 Å². The van der Waals surface area contributed by atoms with Crippen LogP contribution in [0.25, 0.3) is 0 Å². The van der Waals surface area contributed by atoms with Gasteiger partial charge < -0.3 is 10.0 Å². The Morgan fingerprint density at radius 1 is 1.42 bits per heavy atom. The maximum Gasteiger partial charge on any atom is 0.139 e. The van der Waals surface area contributed by atoms with E-state index >= 15 is 0 Å². The molecule has 0 aliphatic rings. The molecule has 19 heavy (non-hydrogen) atoms. The number of aliphatic hydroxyl groups is 1. The highest BCUT2D eigenvalue weighted by Crippen LogP contribution is 2.27. The third kappa shape index (κ3) is 2.97. The third-order valence-electron chi connectivity index (χ3n) is 2.99. The van der Waals surface area contributed by atoms with Crippen LogP contribution in [-0.2, 0) is 13.6 Å². The summed E-state index contributed by atoms with van der Waals surface area (Å²) in [6, 6.07) is 1.77. The van der Waals surface area contributed by atoms with Crippen molar-refractivity contribution < 1.29 is 5.11 Å². The van der Waals surface area contributed by atoms with Gasteiger partial charge >= 0.3 is 0 Å². The van der Waals surface area contributed by atoms with Crippen LogP contribution in [0.4, 0.5) is 0 Å². The molecule has 0 radical (unpaired) electrons. The van der Waals surface area contributed by atoms with Crippen molar-refractivity contribution in [1.29, 1.82) is 0 Å². The Kier molecular flexibility index (Phi) is 4.24. The molecule has 0 aliphatic heterocycles. The molecule has 2 rings (SSSR count). The Morgan fingerprint density at radius 2 is 2.16 bits per heavy atom. The highest BCUT2D eigenvalue weighted by molar-refractivity contribution is 6.31. The van der Waals surface area contributed by atoms with Crippen LogP contribution in [0.5, 0.6) is 0 Å². The fourth-order valence-corrected chi connectivity index (χ4v) is 2.15. The fraction of sp³-hybridized carbons (Fsp3) is 0.500. The number of aliphatic hydroxyl groups excluding tert-OH is 1. The van der Waals surface area contributed by atoms with E-state index < -0.39 is 6.10 Å². The molecule has 2 aromatic heterocycles. The predicted molar refractivity (Wildman–Crippen MR) is 73.1 cm³/mol. The van der Waals surface area contributed by atoms with Gasteiger partial charge in [-0.05, 0) is 20.2 Å². The minimum atomic E-state index is -0.829. The highest BCUT2D eigenvalue weighted by atomic mass is 35.5. The predicted octanol–water partition coefficient (Wildman–Crippen LogP) is 0.913. The van der Waals surface area contributed by atoms with E-state index in [1.54, 1.807) is 34.9 Å². The van der Waals surface area contributed by atoms with Crippen molar-refractivity contribution in [2.75, 3.05) is 20.6 Å². The quantitative estimate of drug-likeness (QED) is 0.886. The van der Waals surface area contributed by atoms with Crippen LogP contribution in [-0.4, -0.2) is 50.2 Å². The Bertz CT molecular complexity index is 548. The molecule has 0 saturated heterocycles. The molecule has 0 bridgehead atoms. The van der Waals surface area contributed by atoms with Crippen LogP contribution in [0.15, 0.2) is 18.5 Å². The average molecular weight is 284 g/mol. The van der Waals surface area contributed by atoms with Crippen LogP contribution < -0.4 is 0 Å². The minimum absolute atomic E-state index is 0.465. The molecule has 1 atom stereocenters. The first-order valence-corrected chi connectivity index (χ1v) is 6.40. The zero-order chi connectivity index (χ0) is 14.0. The Labute approximate surface area is 117 Å². The molecule has 0 spiro atoms. The number of likely N-dealkylation sites (N-methyl/N-ethyl adjacent to an activating group) is 1. The molecule has 2 aromatic rings. The maximum absolute atomic E-state index is 10.5. The van der Waals surface area contributed by atoms with Crippen LogP contribution >= 0.6 is 11.6 Å². The van der Waals surface area contributed by atoms with Crippen LogP contribution in [0.3, 0.4) is 0 Å². The van der Waals surface area contributed by atoms with E-state index in [-0.39, 0.29) is 0 Å². The Balaban J connectivity index is 2.28. The van der Waals surface area contributed by atoms with Gasteiger partial charge in [0.1, 0.15) is 6.10 Å². The summed E-state index contributed by atoms with van der Waals surface area (Å²) >= 11 is 6.14. The molecule has 0 fully saturated rings. The molecule has 104 valence electrons. The van der Waals surface area contributed by atoms with Crippen molar-refractivity contribution in [3.8, 4) is 0 Å². The molecule has 0 aliphatic carbocycles. The van der Waals surface area contributed by atoms with E-state index in [0.717, 1.165) is 6.54 Å². The van der Waals surface area contributed by atoms with Crippen molar-refractivity contribution in [2.45, 2.75) is 12.6 Å². The molecule has 0 aromatic carbocycles. The van der Waals surface area contributed by atoms with Gasteiger partial charge in [-0.15, -0.1) is 0 Å². The molecular formula is C12H18ClN5O. The lowest BCUT2D eigenvalue weighted by Gasteiger charge is -2.16. The molecule has 2 heterocycles.